The van der Waals surface area contributed by atoms with Crippen LogP contribution in [-0.2, 0) is 23.1 Å². The van der Waals surface area contributed by atoms with Crippen LogP contribution in [0.2, 0.25) is 0 Å². The molecule has 1 amide bonds. The molecular formula is C27H22ClFN2O. The van der Waals surface area contributed by atoms with Crippen molar-refractivity contribution in [3.8, 4) is 0 Å². The number of carbonyl (C=O) groups is 1. The standard InChI is InChI=1S/C27H21FN2O.ClH/c28-24-12-6-4-8-21(24)19-27(18-20-14-16-29-17-15-20)23-11-5-7-13-25(23)30(26(27)31)22-9-2-1-3-10-22;/h1-17H,18-19H2;1H. The molecular weight excluding hydrogens is 423 g/mol. The molecule has 0 aliphatic carbocycles. The third-order valence-electron chi connectivity index (χ3n) is 5.99. The van der Waals surface area contributed by atoms with E-state index in [1.54, 1.807) is 29.4 Å². The normalized spacial score (nSPS) is 17.0. The maximum atomic E-state index is 14.7. The van der Waals surface area contributed by atoms with Gasteiger partial charge in [0.1, 0.15) is 5.82 Å². The summed E-state index contributed by atoms with van der Waals surface area (Å²) in [6, 6.07) is 28.0. The van der Waals surface area contributed by atoms with Gasteiger partial charge in [-0.1, -0.05) is 54.6 Å². The van der Waals surface area contributed by atoms with Crippen LogP contribution in [-0.4, -0.2) is 10.9 Å². The zero-order valence-electron chi connectivity index (χ0n) is 17.3. The number of hydrogen-bond donors (Lipinski definition) is 0. The van der Waals surface area contributed by atoms with Gasteiger partial charge in [-0.25, -0.2) is 4.39 Å². The van der Waals surface area contributed by atoms with E-state index in [9.17, 15) is 9.18 Å². The Morgan fingerprint density at radius 1 is 0.781 bits per heavy atom. The van der Waals surface area contributed by atoms with E-state index < -0.39 is 5.41 Å². The Bertz CT molecular complexity index is 1230. The summed E-state index contributed by atoms with van der Waals surface area (Å²) in [5, 5.41) is 0. The number of carbonyl (C=O) groups excluding carboxylic acids is 1. The molecule has 3 aromatic carbocycles. The number of anilines is 2. The number of para-hydroxylation sites is 2. The zero-order chi connectivity index (χ0) is 21.3. The minimum atomic E-state index is -0.921. The smallest absolute Gasteiger partial charge is 0.242 e. The van der Waals surface area contributed by atoms with Crippen molar-refractivity contribution in [3.63, 3.8) is 0 Å². The third-order valence-corrected chi connectivity index (χ3v) is 5.99. The second kappa shape index (κ2) is 8.93. The van der Waals surface area contributed by atoms with Crippen molar-refractivity contribution in [3.05, 3.63) is 126 Å². The van der Waals surface area contributed by atoms with E-state index in [1.165, 1.54) is 6.07 Å². The van der Waals surface area contributed by atoms with Crippen molar-refractivity contribution in [2.45, 2.75) is 18.3 Å². The fourth-order valence-corrected chi connectivity index (χ4v) is 4.57. The molecule has 0 spiro atoms. The van der Waals surface area contributed by atoms with E-state index in [-0.39, 0.29) is 30.6 Å². The summed E-state index contributed by atoms with van der Waals surface area (Å²) in [6.45, 7) is 0. The lowest BCUT2D eigenvalue weighted by molar-refractivity contribution is -0.122. The average molecular weight is 445 g/mol. The molecule has 0 fully saturated rings. The second-order valence-electron chi connectivity index (χ2n) is 7.88. The van der Waals surface area contributed by atoms with Crippen molar-refractivity contribution < 1.29 is 9.18 Å². The van der Waals surface area contributed by atoms with Crippen LogP contribution in [0.15, 0.2) is 103 Å². The van der Waals surface area contributed by atoms with Crippen LogP contribution < -0.4 is 4.90 Å². The van der Waals surface area contributed by atoms with E-state index in [2.05, 4.69) is 4.98 Å². The molecule has 160 valence electrons. The summed E-state index contributed by atoms with van der Waals surface area (Å²) >= 11 is 0. The Labute approximate surface area is 193 Å². The number of fused-ring (bicyclic) bond motifs is 1. The highest BCUT2D eigenvalue weighted by Crippen LogP contribution is 2.49. The highest BCUT2D eigenvalue weighted by molar-refractivity contribution is 6.13. The predicted molar refractivity (Wildman–Crippen MR) is 127 cm³/mol. The number of amides is 1. The lowest BCUT2D eigenvalue weighted by atomic mass is 9.72. The summed E-state index contributed by atoms with van der Waals surface area (Å²) in [7, 11) is 0. The summed E-state index contributed by atoms with van der Waals surface area (Å²) in [5.74, 6) is -0.333. The number of aromatic nitrogens is 1. The number of rotatable bonds is 5. The van der Waals surface area contributed by atoms with Crippen LogP contribution in [0.25, 0.3) is 0 Å². The van der Waals surface area contributed by atoms with Crippen LogP contribution in [0.5, 0.6) is 0 Å². The Kier molecular flexibility index (Phi) is 6.06. The highest BCUT2D eigenvalue weighted by Gasteiger charge is 2.51. The molecule has 1 aliphatic heterocycles. The third kappa shape index (κ3) is 3.67. The quantitative estimate of drug-likeness (QED) is 0.375. The van der Waals surface area contributed by atoms with Crippen molar-refractivity contribution in [2.24, 2.45) is 0 Å². The van der Waals surface area contributed by atoms with Crippen molar-refractivity contribution in [1.29, 1.82) is 0 Å². The molecule has 1 aromatic heterocycles. The molecule has 1 aliphatic rings. The van der Waals surface area contributed by atoms with E-state index in [4.69, 9.17) is 0 Å². The van der Waals surface area contributed by atoms with Gasteiger partial charge in [0.15, 0.2) is 0 Å². The van der Waals surface area contributed by atoms with Crippen molar-refractivity contribution >= 4 is 29.7 Å². The van der Waals surface area contributed by atoms with Gasteiger partial charge in [0.2, 0.25) is 5.91 Å². The van der Waals surface area contributed by atoms with Gasteiger partial charge in [-0.2, -0.15) is 0 Å². The summed E-state index contributed by atoms with van der Waals surface area (Å²) in [4.78, 5) is 20.1. The molecule has 4 aromatic rings. The zero-order valence-corrected chi connectivity index (χ0v) is 18.1. The predicted octanol–water partition coefficient (Wildman–Crippen LogP) is 6.04. The first-order valence-corrected chi connectivity index (χ1v) is 10.3. The Balaban J connectivity index is 0.00000245. The first-order chi connectivity index (χ1) is 15.2. The molecule has 0 bridgehead atoms. The van der Waals surface area contributed by atoms with Crippen LogP contribution >= 0.6 is 12.4 Å². The molecule has 1 unspecified atom stereocenters. The second-order valence-corrected chi connectivity index (χ2v) is 7.88. The first-order valence-electron chi connectivity index (χ1n) is 10.3. The minimum absolute atomic E-state index is 0. The summed E-state index contributed by atoms with van der Waals surface area (Å²) in [5.41, 5.74) is 3.19. The molecule has 0 saturated carbocycles. The molecule has 2 heterocycles. The molecule has 0 saturated heterocycles. The Hall–Kier alpha value is -3.50. The Morgan fingerprint density at radius 3 is 2.19 bits per heavy atom. The molecule has 32 heavy (non-hydrogen) atoms. The van der Waals surface area contributed by atoms with Gasteiger partial charge in [0.25, 0.3) is 0 Å². The van der Waals surface area contributed by atoms with Crippen molar-refractivity contribution in [1.82, 2.24) is 4.98 Å². The van der Waals surface area contributed by atoms with Crippen LogP contribution in [0, 0.1) is 5.82 Å². The van der Waals surface area contributed by atoms with Gasteiger partial charge < -0.3 is 0 Å². The van der Waals surface area contributed by atoms with Gasteiger partial charge in [-0.3, -0.25) is 14.7 Å². The van der Waals surface area contributed by atoms with E-state index in [0.717, 1.165) is 22.5 Å². The van der Waals surface area contributed by atoms with Gasteiger partial charge in [0, 0.05) is 18.1 Å². The molecule has 3 nitrogen and oxygen atoms in total. The highest BCUT2D eigenvalue weighted by atomic mass is 35.5. The maximum absolute atomic E-state index is 14.7. The molecule has 1 atom stereocenters. The average Bonchev–Trinajstić information content (AvgIpc) is 3.04. The molecule has 0 radical (unpaired) electrons. The van der Waals surface area contributed by atoms with E-state index in [0.29, 0.717) is 12.0 Å². The van der Waals surface area contributed by atoms with E-state index in [1.807, 2.05) is 72.8 Å². The number of halogens is 2. The number of benzene rings is 3. The summed E-state index contributed by atoms with van der Waals surface area (Å²) in [6.07, 6.45) is 4.20. The first kappa shape index (κ1) is 21.7. The lowest BCUT2D eigenvalue weighted by Gasteiger charge is -2.29. The van der Waals surface area contributed by atoms with Crippen LogP contribution in [0.1, 0.15) is 16.7 Å². The van der Waals surface area contributed by atoms with Gasteiger partial charge in [-0.05, 0) is 65.9 Å². The number of hydrogen-bond acceptors (Lipinski definition) is 2. The van der Waals surface area contributed by atoms with Gasteiger partial charge in [-0.15, -0.1) is 12.4 Å². The molecule has 0 N–H and O–H groups in total. The van der Waals surface area contributed by atoms with E-state index >= 15 is 0 Å². The fraction of sp³-hybridized carbons (Fsp3) is 0.111. The largest absolute Gasteiger partial charge is 0.280 e. The Morgan fingerprint density at radius 2 is 1.44 bits per heavy atom. The van der Waals surface area contributed by atoms with Crippen molar-refractivity contribution in [2.75, 3.05) is 4.90 Å². The fourth-order valence-electron chi connectivity index (χ4n) is 4.57. The molecule has 5 heteroatoms. The lowest BCUT2D eigenvalue weighted by Crippen LogP contribution is -2.42. The van der Waals surface area contributed by atoms with Crippen LogP contribution in [0.4, 0.5) is 15.8 Å². The topological polar surface area (TPSA) is 33.2 Å². The van der Waals surface area contributed by atoms with Crippen LogP contribution in [0.3, 0.4) is 0 Å². The molecule has 5 rings (SSSR count). The monoisotopic (exact) mass is 444 g/mol. The summed E-state index contributed by atoms with van der Waals surface area (Å²) < 4.78 is 14.7. The SMILES string of the molecule is Cl.O=C1N(c2ccccc2)c2ccccc2C1(Cc1ccncc1)Cc1ccccc1F. The minimum Gasteiger partial charge on any atom is -0.280 e. The van der Waals surface area contributed by atoms with Gasteiger partial charge >= 0.3 is 0 Å². The number of pyridine rings is 1. The maximum Gasteiger partial charge on any atom is 0.242 e. The number of nitrogens with zero attached hydrogens (tertiary/aromatic N) is 2. The van der Waals surface area contributed by atoms with Gasteiger partial charge in [0.05, 0.1) is 11.1 Å².